The van der Waals surface area contributed by atoms with Crippen LogP contribution in [0.4, 0.5) is 0 Å². The molecule has 2 heteroatoms. The van der Waals surface area contributed by atoms with Crippen LogP contribution in [0.5, 0.6) is 5.75 Å². The van der Waals surface area contributed by atoms with Crippen LogP contribution < -0.4 is 10.5 Å². The Bertz CT molecular complexity index is 338. The first-order chi connectivity index (χ1) is 9.86. The minimum absolute atomic E-state index is 0.696. The molecule has 114 valence electrons. The molecule has 20 heavy (non-hydrogen) atoms. The molecular weight excluding hydrogens is 246 g/mol. The highest BCUT2D eigenvalue weighted by atomic mass is 16.5. The Hall–Kier alpha value is -1.02. The molecule has 0 bridgehead atoms. The molecule has 0 amide bonds. The third-order valence-electron chi connectivity index (χ3n) is 3.60. The zero-order valence-electron chi connectivity index (χ0n) is 13.1. The molecule has 1 aromatic rings. The summed E-state index contributed by atoms with van der Waals surface area (Å²) in [5.41, 5.74) is 6.83. The second-order valence-corrected chi connectivity index (χ2v) is 5.51. The quantitative estimate of drug-likeness (QED) is 0.562. The lowest BCUT2D eigenvalue weighted by Gasteiger charge is -2.07. The summed E-state index contributed by atoms with van der Waals surface area (Å²) in [5.74, 6) is 0.985. The zero-order valence-corrected chi connectivity index (χ0v) is 13.1. The standard InChI is InChI=1S/C18H31NO/c1-2-3-4-5-6-7-8-9-15-20-18-12-10-11-17(16-18)13-14-19/h10-12,16H,2-9,13-15,19H2,1H3. The lowest BCUT2D eigenvalue weighted by molar-refractivity contribution is 0.304. The summed E-state index contributed by atoms with van der Waals surface area (Å²) in [7, 11) is 0. The van der Waals surface area contributed by atoms with Gasteiger partial charge in [-0.2, -0.15) is 0 Å². The van der Waals surface area contributed by atoms with Crippen LogP contribution in [0.2, 0.25) is 0 Å². The molecule has 0 saturated carbocycles. The molecule has 0 aliphatic carbocycles. The van der Waals surface area contributed by atoms with Gasteiger partial charge in [0.25, 0.3) is 0 Å². The van der Waals surface area contributed by atoms with E-state index in [1.165, 1.54) is 50.5 Å². The van der Waals surface area contributed by atoms with Gasteiger partial charge in [0.15, 0.2) is 0 Å². The summed E-state index contributed by atoms with van der Waals surface area (Å²) in [5, 5.41) is 0. The normalized spacial score (nSPS) is 10.7. The van der Waals surface area contributed by atoms with Gasteiger partial charge in [-0.25, -0.2) is 0 Å². The van der Waals surface area contributed by atoms with Crippen molar-refractivity contribution in [2.24, 2.45) is 5.73 Å². The van der Waals surface area contributed by atoms with Gasteiger partial charge in [-0.1, -0.05) is 64.0 Å². The maximum Gasteiger partial charge on any atom is 0.119 e. The van der Waals surface area contributed by atoms with Gasteiger partial charge in [0, 0.05) is 0 Å². The van der Waals surface area contributed by atoms with Crippen molar-refractivity contribution in [3.05, 3.63) is 29.8 Å². The fraction of sp³-hybridized carbons (Fsp3) is 0.667. The van der Waals surface area contributed by atoms with E-state index >= 15 is 0 Å². The molecule has 1 aromatic carbocycles. The average molecular weight is 277 g/mol. The van der Waals surface area contributed by atoms with Crippen molar-refractivity contribution in [1.82, 2.24) is 0 Å². The molecule has 2 N–H and O–H groups in total. The first-order valence-corrected chi connectivity index (χ1v) is 8.28. The van der Waals surface area contributed by atoms with E-state index in [-0.39, 0.29) is 0 Å². The molecule has 2 nitrogen and oxygen atoms in total. The maximum absolute atomic E-state index is 5.80. The van der Waals surface area contributed by atoms with E-state index in [9.17, 15) is 0 Å². The van der Waals surface area contributed by atoms with Gasteiger partial charge in [0.1, 0.15) is 5.75 Å². The van der Waals surface area contributed by atoms with Crippen molar-refractivity contribution in [2.75, 3.05) is 13.2 Å². The molecule has 0 heterocycles. The number of hydrogen-bond donors (Lipinski definition) is 1. The second kappa shape index (κ2) is 11.8. The van der Waals surface area contributed by atoms with Crippen molar-refractivity contribution in [3.63, 3.8) is 0 Å². The number of benzene rings is 1. The molecule has 0 aromatic heterocycles. The summed E-state index contributed by atoms with van der Waals surface area (Å²) >= 11 is 0. The Morgan fingerprint density at radius 2 is 1.65 bits per heavy atom. The molecule has 0 radical (unpaired) electrons. The monoisotopic (exact) mass is 277 g/mol. The topological polar surface area (TPSA) is 35.2 Å². The van der Waals surface area contributed by atoms with Crippen LogP contribution in [-0.4, -0.2) is 13.2 Å². The molecule has 0 atom stereocenters. The Morgan fingerprint density at radius 3 is 2.35 bits per heavy atom. The van der Waals surface area contributed by atoms with Crippen LogP contribution in [0.15, 0.2) is 24.3 Å². The molecule has 0 spiro atoms. The first kappa shape index (κ1) is 17.0. The Morgan fingerprint density at radius 1 is 0.950 bits per heavy atom. The fourth-order valence-electron chi connectivity index (χ4n) is 2.38. The third kappa shape index (κ3) is 8.21. The second-order valence-electron chi connectivity index (χ2n) is 5.51. The highest BCUT2D eigenvalue weighted by molar-refractivity contribution is 5.28. The highest BCUT2D eigenvalue weighted by Crippen LogP contribution is 2.14. The van der Waals surface area contributed by atoms with E-state index < -0.39 is 0 Å². The van der Waals surface area contributed by atoms with Crippen LogP contribution in [-0.2, 0) is 6.42 Å². The van der Waals surface area contributed by atoms with E-state index in [1.807, 2.05) is 12.1 Å². The summed E-state index contributed by atoms with van der Waals surface area (Å²) < 4.78 is 5.80. The van der Waals surface area contributed by atoms with Gasteiger partial charge in [0.05, 0.1) is 6.61 Å². The summed E-state index contributed by atoms with van der Waals surface area (Å²) in [6.07, 6.45) is 11.6. The molecule has 0 fully saturated rings. The Labute approximate surface area is 124 Å². The minimum Gasteiger partial charge on any atom is -0.494 e. The SMILES string of the molecule is CCCCCCCCCCOc1cccc(CCN)c1. The minimum atomic E-state index is 0.696. The summed E-state index contributed by atoms with van der Waals surface area (Å²) in [6.45, 7) is 3.79. The largest absolute Gasteiger partial charge is 0.494 e. The molecule has 0 aliphatic rings. The number of unbranched alkanes of at least 4 members (excludes halogenated alkanes) is 7. The van der Waals surface area contributed by atoms with Gasteiger partial charge in [-0.05, 0) is 37.1 Å². The number of hydrogen-bond acceptors (Lipinski definition) is 2. The first-order valence-electron chi connectivity index (χ1n) is 8.28. The lowest BCUT2D eigenvalue weighted by Crippen LogP contribution is -2.03. The van der Waals surface area contributed by atoms with Crippen LogP contribution in [0, 0.1) is 0 Å². The zero-order chi connectivity index (χ0) is 14.5. The van der Waals surface area contributed by atoms with Crippen LogP contribution in [0.25, 0.3) is 0 Å². The predicted molar refractivity (Wildman–Crippen MR) is 87.3 cm³/mol. The van der Waals surface area contributed by atoms with E-state index in [4.69, 9.17) is 10.5 Å². The Balaban J connectivity index is 2.02. The van der Waals surface area contributed by atoms with Gasteiger partial charge < -0.3 is 10.5 Å². The lowest BCUT2D eigenvalue weighted by atomic mass is 10.1. The average Bonchev–Trinajstić information content (AvgIpc) is 2.46. The van der Waals surface area contributed by atoms with Crippen molar-refractivity contribution >= 4 is 0 Å². The smallest absolute Gasteiger partial charge is 0.119 e. The van der Waals surface area contributed by atoms with E-state index in [0.717, 1.165) is 25.2 Å². The molecule has 1 rings (SSSR count). The van der Waals surface area contributed by atoms with Crippen LogP contribution in [0.1, 0.15) is 63.9 Å². The van der Waals surface area contributed by atoms with Crippen LogP contribution in [0.3, 0.4) is 0 Å². The van der Waals surface area contributed by atoms with Crippen LogP contribution >= 0.6 is 0 Å². The summed E-state index contributed by atoms with van der Waals surface area (Å²) in [6, 6.07) is 8.30. The molecule has 0 saturated heterocycles. The van der Waals surface area contributed by atoms with E-state index in [2.05, 4.69) is 19.1 Å². The van der Waals surface area contributed by atoms with Crippen molar-refractivity contribution in [3.8, 4) is 5.75 Å². The van der Waals surface area contributed by atoms with Gasteiger partial charge >= 0.3 is 0 Å². The summed E-state index contributed by atoms with van der Waals surface area (Å²) in [4.78, 5) is 0. The fourth-order valence-corrected chi connectivity index (χ4v) is 2.38. The molecular formula is C18H31NO. The predicted octanol–water partition coefficient (Wildman–Crippen LogP) is 4.71. The Kier molecular flexibility index (Phi) is 10.0. The number of nitrogens with two attached hydrogens (primary N) is 1. The third-order valence-corrected chi connectivity index (χ3v) is 3.60. The van der Waals surface area contributed by atoms with E-state index in [1.54, 1.807) is 0 Å². The van der Waals surface area contributed by atoms with Crippen molar-refractivity contribution in [2.45, 2.75) is 64.7 Å². The van der Waals surface area contributed by atoms with Gasteiger partial charge in [-0.15, -0.1) is 0 Å². The van der Waals surface area contributed by atoms with Gasteiger partial charge in [0.2, 0.25) is 0 Å². The number of ether oxygens (including phenoxy) is 1. The molecule has 0 unspecified atom stereocenters. The van der Waals surface area contributed by atoms with Gasteiger partial charge in [-0.3, -0.25) is 0 Å². The van der Waals surface area contributed by atoms with E-state index in [0.29, 0.717) is 6.54 Å². The van der Waals surface area contributed by atoms with Crippen molar-refractivity contribution < 1.29 is 4.74 Å². The molecule has 0 aliphatic heterocycles. The number of rotatable bonds is 12. The van der Waals surface area contributed by atoms with Crippen molar-refractivity contribution in [1.29, 1.82) is 0 Å². The maximum atomic E-state index is 5.80. The highest BCUT2D eigenvalue weighted by Gasteiger charge is 1.97.